The number of anilines is 2. The number of thiophene rings is 1. The Morgan fingerprint density at radius 2 is 1.92 bits per heavy atom. The van der Waals surface area contributed by atoms with E-state index in [1.165, 1.54) is 17.5 Å². The Morgan fingerprint density at radius 1 is 1.11 bits per heavy atom. The van der Waals surface area contributed by atoms with E-state index in [2.05, 4.69) is 26.7 Å². The van der Waals surface area contributed by atoms with Gasteiger partial charge >= 0.3 is 0 Å². The highest BCUT2D eigenvalue weighted by Crippen LogP contribution is 2.27. The summed E-state index contributed by atoms with van der Waals surface area (Å²) in [4.78, 5) is 35.6. The lowest BCUT2D eigenvalue weighted by atomic mass is 9.85. The number of amides is 2. The van der Waals surface area contributed by atoms with E-state index in [-0.39, 0.29) is 11.8 Å². The largest absolute Gasteiger partial charge is 0.477 e. The van der Waals surface area contributed by atoms with Crippen molar-refractivity contribution in [3.05, 3.63) is 76.3 Å². The number of nitriles is 1. The molecule has 0 spiro atoms. The van der Waals surface area contributed by atoms with Gasteiger partial charge in [0.15, 0.2) is 0 Å². The number of hydrogen-bond donors (Lipinski definition) is 2. The molecule has 0 saturated heterocycles. The molecule has 8 nitrogen and oxygen atoms in total. The average molecular weight is 500 g/mol. The molecule has 2 amide bonds. The fraction of sp³-hybridized carbons (Fsp3) is 0.222. The second-order valence-corrected chi connectivity index (χ2v) is 9.73. The maximum Gasteiger partial charge on any atom is 0.265 e. The van der Waals surface area contributed by atoms with Gasteiger partial charge in [0.1, 0.15) is 10.3 Å². The minimum Gasteiger partial charge on any atom is -0.477 e. The lowest BCUT2D eigenvalue weighted by Crippen LogP contribution is -2.17. The topological polar surface area (TPSA) is 117 Å². The molecule has 2 heterocycles. The van der Waals surface area contributed by atoms with E-state index in [9.17, 15) is 14.9 Å². The molecule has 9 heteroatoms. The Morgan fingerprint density at radius 3 is 2.67 bits per heavy atom. The number of aryl methyl sites for hydroxylation is 1. The summed E-state index contributed by atoms with van der Waals surface area (Å²) in [6, 6.07) is 16.2. The van der Waals surface area contributed by atoms with Crippen LogP contribution in [0.2, 0.25) is 0 Å². The number of nitrogens with one attached hydrogen (secondary N) is 2. The zero-order valence-electron chi connectivity index (χ0n) is 20.4. The van der Waals surface area contributed by atoms with E-state index in [0.29, 0.717) is 44.6 Å². The number of aromatic nitrogens is 2. The van der Waals surface area contributed by atoms with Crippen molar-refractivity contribution >= 4 is 44.9 Å². The zero-order chi connectivity index (χ0) is 25.9. The van der Waals surface area contributed by atoms with E-state index in [1.807, 2.05) is 26.0 Å². The Labute approximate surface area is 213 Å². The summed E-state index contributed by atoms with van der Waals surface area (Å²) in [7, 11) is 0. The molecule has 4 aromatic rings. The van der Waals surface area contributed by atoms with Crippen LogP contribution in [0.15, 0.2) is 54.7 Å². The van der Waals surface area contributed by atoms with Gasteiger partial charge < -0.3 is 15.4 Å². The van der Waals surface area contributed by atoms with Crippen LogP contribution in [0, 0.1) is 18.3 Å². The number of nitrogens with zero attached hydrogens (tertiary/aromatic N) is 3. The maximum absolute atomic E-state index is 13.0. The molecule has 2 aromatic carbocycles. The summed E-state index contributed by atoms with van der Waals surface area (Å²) in [6.45, 7) is 7.83. The molecule has 182 valence electrons. The molecule has 4 rings (SSSR count). The van der Waals surface area contributed by atoms with E-state index in [4.69, 9.17) is 4.74 Å². The molecular weight excluding hydrogens is 474 g/mol. The first-order valence-electron chi connectivity index (χ1n) is 11.3. The molecule has 0 atom stereocenters. The van der Waals surface area contributed by atoms with Gasteiger partial charge in [0, 0.05) is 16.9 Å². The summed E-state index contributed by atoms with van der Waals surface area (Å²) in [5.74, 6) is -0.190. The Balaban J connectivity index is 1.51. The van der Waals surface area contributed by atoms with Gasteiger partial charge in [-0.2, -0.15) is 5.26 Å². The van der Waals surface area contributed by atoms with E-state index < -0.39 is 5.41 Å². The minimum atomic E-state index is -0.709. The first-order chi connectivity index (χ1) is 17.2. The smallest absolute Gasteiger partial charge is 0.265 e. The second-order valence-electron chi connectivity index (χ2n) is 8.70. The van der Waals surface area contributed by atoms with Crippen molar-refractivity contribution in [1.29, 1.82) is 5.26 Å². The molecule has 36 heavy (non-hydrogen) atoms. The Bertz CT molecular complexity index is 1500. The Kier molecular flexibility index (Phi) is 6.99. The predicted molar refractivity (Wildman–Crippen MR) is 141 cm³/mol. The monoisotopic (exact) mass is 499 g/mol. The van der Waals surface area contributed by atoms with Crippen LogP contribution in [0.4, 0.5) is 11.4 Å². The quantitative estimate of drug-likeness (QED) is 0.337. The molecule has 0 unspecified atom stereocenters. The number of rotatable bonds is 7. The molecule has 0 aliphatic carbocycles. The summed E-state index contributed by atoms with van der Waals surface area (Å²) < 4.78 is 5.38. The van der Waals surface area contributed by atoms with Gasteiger partial charge in [-0.15, -0.1) is 11.3 Å². The number of carbonyl (C=O) groups is 2. The van der Waals surface area contributed by atoms with Crippen LogP contribution in [0.3, 0.4) is 0 Å². The van der Waals surface area contributed by atoms with Crippen LogP contribution in [-0.4, -0.2) is 28.4 Å². The summed E-state index contributed by atoms with van der Waals surface area (Å²) >= 11 is 1.24. The fourth-order valence-corrected chi connectivity index (χ4v) is 4.31. The van der Waals surface area contributed by atoms with Crippen LogP contribution in [-0.2, 0) is 5.41 Å². The first-order valence-corrected chi connectivity index (χ1v) is 12.2. The number of ether oxygens (including phenoxy) is 1. The van der Waals surface area contributed by atoms with Gasteiger partial charge in [-0.25, -0.2) is 9.97 Å². The van der Waals surface area contributed by atoms with Crippen molar-refractivity contribution in [2.75, 3.05) is 17.2 Å². The van der Waals surface area contributed by atoms with Gasteiger partial charge in [0.2, 0.25) is 5.88 Å². The molecular formula is C27H25N5O3S. The van der Waals surface area contributed by atoms with E-state index >= 15 is 0 Å². The van der Waals surface area contributed by atoms with Crippen molar-refractivity contribution in [2.24, 2.45) is 0 Å². The van der Waals surface area contributed by atoms with Crippen molar-refractivity contribution in [1.82, 2.24) is 9.97 Å². The van der Waals surface area contributed by atoms with Crippen LogP contribution in [0.25, 0.3) is 10.3 Å². The predicted octanol–water partition coefficient (Wildman–Crippen LogP) is 5.70. The SMILES string of the molecule is CCOc1cnc2sc(C(=O)Nc3cc(NC(=O)c4cccc(C(C)(C)C#N)c4)ccc3C)cc2n1. The number of carbonyl (C=O) groups excluding carboxylic acids is 2. The van der Waals surface area contributed by atoms with Gasteiger partial charge in [0.25, 0.3) is 11.8 Å². The highest BCUT2D eigenvalue weighted by molar-refractivity contribution is 7.20. The van der Waals surface area contributed by atoms with Gasteiger partial charge in [0.05, 0.1) is 29.2 Å². The van der Waals surface area contributed by atoms with Crippen molar-refractivity contribution in [2.45, 2.75) is 33.1 Å². The lowest BCUT2D eigenvalue weighted by molar-refractivity contribution is 0.102. The number of fused-ring (bicyclic) bond motifs is 1. The third-order valence-corrected chi connectivity index (χ3v) is 6.63. The average Bonchev–Trinajstić information content (AvgIpc) is 3.30. The Hall–Kier alpha value is -4.29. The molecule has 0 saturated carbocycles. The standard InChI is InChI=1S/C27H25N5O3S/c1-5-35-23-14-29-26-21(31-23)13-22(36-26)25(34)32-20-12-19(10-9-16(20)2)30-24(33)17-7-6-8-18(11-17)27(3,4)15-28/h6-14H,5H2,1-4H3,(H,30,33)(H,32,34). The van der Waals surface area contributed by atoms with Gasteiger partial charge in [-0.05, 0) is 69.2 Å². The molecule has 0 bridgehead atoms. The summed E-state index contributed by atoms with van der Waals surface area (Å²) in [5, 5.41) is 15.2. The molecule has 0 radical (unpaired) electrons. The normalized spacial score (nSPS) is 11.1. The molecule has 2 aromatic heterocycles. The van der Waals surface area contributed by atoms with E-state index in [1.54, 1.807) is 50.2 Å². The zero-order valence-corrected chi connectivity index (χ0v) is 21.2. The minimum absolute atomic E-state index is 0.296. The van der Waals surface area contributed by atoms with Crippen LogP contribution < -0.4 is 15.4 Å². The number of benzene rings is 2. The highest BCUT2D eigenvalue weighted by Gasteiger charge is 2.21. The first kappa shape index (κ1) is 24.8. The maximum atomic E-state index is 13.0. The highest BCUT2D eigenvalue weighted by atomic mass is 32.1. The molecule has 0 aliphatic heterocycles. The van der Waals surface area contributed by atoms with Crippen molar-refractivity contribution < 1.29 is 14.3 Å². The third-order valence-electron chi connectivity index (χ3n) is 5.60. The van der Waals surface area contributed by atoms with Crippen molar-refractivity contribution in [3.63, 3.8) is 0 Å². The van der Waals surface area contributed by atoms with Crippen LogP contribution in [0.5, 0.6) is 5.88 Å². The molecule has 0 aliphatic rings. The molecule has 2 N–H and O–H groups in total. The van der Waals surface area contributed by atoms with Gasteiger partial charge in [-0.1, -0.05) is 18.2 Å². The van der Waals surface area contributed by atoms with Gasteiger partial charge in [-0.3, -0.25) is 9.59 Å². The number of hydrogen-bond acceptors (Lipinski definition) is 7. The lowest BCUT2D eigenvalue weighted by Gasteiger charge is -2.16. The molecule has 0 fully saturated rings. The van der Waals surface area contributed by atoms with Crippen LogP contribution in [0.1, 0.15) is 51.9 Å². The van der Waals surface area contributed by atoms with Crippen LogP contribution >= 0.6 is 11.3 Å². The summed E-state index contributed by atoms with van der Waals surface area (Å²) in [6.07, 6.45) is 1.54. The fourth-order valence-electron chi connectivity index (χ4n) is 3.47. The second kappa shape index (κ2) is 10.1. The summed E-state index contributed by atoms with van der Waals surface area (Å²) in [5.41, 5.74) is 3.04. The van der Waals surface area contributed by atoms with Crippen molar-refractivity contribution in [3.8, 4) is 11.9 Å². The third kappa shape index (κ3) is 5.34. The van der Waals surface area contributed by atoms with E-state index in [0.717, 1.165) is 11.1 Å².